The monoisotopic (exact) mass is 462 g/mol. The lowest BCUT2D eigenvalue weighted by atomic mass is 9.87. The zero-order chi connectivity index (χ0) is 22.5. The molecule has 1 aliphatic rings. The average Bonchev–Trinajstić information content (AvgIpc) is 2.75. The van der Waals surface area contributed by atoms with Crippen molar-refractivity contribution < 1.29 is 19.5 Å². The summed E-state index contributed by atoms with van der Waals surface area (Å²) in [5.74, 6) is -2.76. The predicted octanol–water partition coefficient (Wildman–Crippen LogP) is 4.99. The Morgan fingerprint density at radius 1 is 1.13 bits per heavy atom. The maximum absolute atomic E-state index is 12.7. The summed E-state index contributed by atoms with van der Waals surface area (Å²) in [5, 5.41) is 12.6. The number of fused-ring (bicyclic) bond motifs is 1. The largest absolute Gasteiger partial charge is 0.481 e. The number of hydrogen-bond acceptors (Lipinski definition) is 3. The van der Waals surface area contributed by atoms with Crippen LogP contribution in [-0.4, -0.2) is 41.4 Å². The van der Waals surface area contributed by atoms with E-state index in [2.05, 4.69) is 11.4 Å². The van der Waals surface area contributed by atoms with Gasteiger partial charge in [-0.25, -0.2) is 4.79 Å². The summed E-state index contributed by atoms with van der Waals surface area (Å²) >= 11 is 12.1. The second kappa shape index (κ2) is 10.2. The first-order chi connectivity index (χ1) is 14.8. The molecule has 3 rings (SSSR count). The van der Waals surface area contributed by atoms with Gasteiger partial charge < -0.3 is 15.3 Å². The Balaban J connectivity index is 1.65. The summed E-state index contributed by atoms with van der Waals surface area (Å²) in [5.41, 5.74) is 2.44. The third-order valence-electron chi connectivity index (χ3n) is 5.65. The lowest BCUT2D eigenvalue weighted by molar-refractivity contribution is -0.141. The standard InChI is InChI=1S/C23H24Cl2N2O4/c1-27(19-11-4-7-14-6-2-3-8-16(14)19)23(31)26-13-15(22(29)30)12-20(28)21-17(24)9-5-10-18(21)25/h2-3,5-6,8-10,15,19H,4,7,11-13H2,1H3,(H,26,31)(H,29,30)/t15-,19?/m0/s1. The van der Waals surface area contributed by atoms with Crippen molar-refractivity contribution in [1.29, 1.82) is 0 Å². The number of amides is 2. The molecular weight excluding hydrogens is 439 g/mol. The van der Waals surface area contributed by atoms with Gasteiger partial charge in [-0.05, 0) is 42.5 Å². The fourth-order valence-corrected chi connectivity index (χ4v) is 4.55. The van der Waals surface area contributed by atoms with Gasteiger partial charge in [-0.2, -0.15) is 0 Å². The fraction of sp³-hybridized carbons (Fsp3) is 0.348. The summed E-state index contributed by atoms with van der Waals surface area (Å²) in [6, 6.07) is 12.2. The van der Waals surface area contributed by atoms with Crippen molar-refractivity contribution in [2.24, 2.45) is 5.92 Å². The second-order valence-electron chi connectivity index (χ2n) is 7.66. The molecule has 0 saturated carbocycles. The molecular formula is C23H24Cl2N2O4. The van der Waals surface area contributed by atoms with Gasteiger partial charge in [-0.15, -0.1) is 0 Å². The van der Waals surface area contributed by atoms with Crippen molar-refractivity contribution in [2.45, 2.75) is 31.7 Å². The van der Waals surface area contributed by atoms with Crippen molar-refractivity contribution in [3.05, 3.63) is 69.2 Å². The van der Waals surface area contributed by atoms with Crippen LogP contribution in [0.3, 0.4) is 0 Å². The number of carboxylic acid groups (broad SMARTS) is 1. The molecule has 0 fully saturated rings. The highest BCUT2D eigenvalue weighted by molar-refractivity contribution is 6.39. The van der Waals surface area contributed by atoms with E-state index in [-0.39, 0.29) is 40.6 Å². The quantitative estimate of drug-likeness (QED) is 0.567. The molecule has 0 heterocycles. The lowest BCUT2D eigenvalue weighted by Gasteiger charge is -2.33. The number of carbonyl (C=O) groups is 3. The molecule has 2 aromatic carbocycles. The van der Waals surface area contributed by atoms with Gasteiger partial charge in [0.25, 0.3) is 0 Å². The summed E-state index contributed by atoms with van der Waals surface area (Å²) in [6.07, 6.45) is 2.47. The van der Waals surface area contributed by atoms with Crippen LogP contribution in [0.2, 0.25) is 10.0 Å². The van der Waals surface area contributed by atoms with Crippen LogP contribution in [0.5, 0.6) is 0 Å². The van der Waals surface area contributed by atoms with Crippen LogP contribution < -0.4 is 5.32 Å². The van der Waals surface area contributed by atoms with Crippen molar-refractivity contribution in [2.75, 3.05) is 13.6 Å². The Labute approximate surface area is 191 Å². The molecule has 1 aliphatic carbocycles. The molecule has 8 heteroatoms. The smallest absolute Gasteiger partial charge is 0.317 e. The van der Waals surface area contributed by atoms with Crippen molar-refractivity contribution >= 4 is 41.0 Å². The van der Waals surface area contributed by atoms with Gasteiger partial charge in [0.05, 0.1) is 27.6 Å². The molecule has 2 aromatic rings. The number of urea groups is 1. The first kappa shape index (κ1) is 23.1. The number of Topliss-reactive ketones (excluding diaryl/α,β-unsaturated/α-hetero) is 1. The average molecular weight is 463 g/mol. The molecule has 31 heavy (non-hydrogen) atoms. The minimum atomic E-state index is -1.18. The Morgan fingerprint density at radius 2 is 1.81 bits per heavy atom. The molecule has 0 bridgehead atoms. The normalized spacial score (nSPS) is 16.2. The Kier molecular flexibility index (Phi) is 7.57. The Hall–Kier alpha value is -2.57. The summed E-state index contributed by atoms with van der Waals surface area (Å²) in [6.45, 7) is -0.180. The van der Waals surface area contributed by atoms with E-state index in [0.29, 0.717) is 0 Å². The molecule has 0 radical (unpaired) electrons. The number of ketones is 1. The molecule has 2 amide bonds. The van der Waals surface area contributed by atoms with Crippen LogP contribution >= 0.6 is 23.2 Å². The minimum absolute atomic E-state index is 0.0724. The highest BCUT2D eigenvalue weighted by Crippen LogP contribution is 2.33. The van der Waals surface area contributed by atoms with Crippen LogP contribution in [0.15, 0.2) is 42.5 Å². The van der Waals surface area contributed by atoms with Crippen molar-refractivity contribution in [3.8, 4) is 0 Å². The maximum Gasteiger partial charge on any atom is 0.317 e. The topological polar surface area (TPSA) is 86.7 Å². The first-order valence-corrected chi connectivity index (χ1v) is 10.8. The molecule has 164 valence electrons. The van der Waals surface area contributed by atoms with E-state index in [1.807, 2.05) is 18.2 Å². The van der Waals surface area contributed by atoms with E-state index in [4.69, 9.17) is 23.2 Å². The number of carbonyl (C=O) groups excluding carboxylic acids is 2. The fourth-order valence-electron chi connectivity index (χ4n) is 3.94. The minimum Gasteiger partial charge on any atom is -0.481 e. The molecule has 0 saturated heterocycles. The first-order valence-electron chi connectivity index (χ1n) is 10.1. The molecule has 0 aliphatic heterocycles. The number of halogens is 2. The van der Waals surface area contributed by atoms with E-state index in [9.17, 15) is 19.5 Å². The van der Waals surface area contributed by atoms with E-state index in [1.54, 1.807) is 18.0 Å². The van der Waals surface area contributed by atoms with Gasteiger partial charge in [0.1, 0.15) is 0 Å². The van der Waals surface area contributed by atoms with E-state index in [1.165, 1.54) is 17.7 Å². The molecule has 1 unspecified atom stereocenters. The highest BCUT2D eigenvalue weighted by atomic mass is 35.5. The van der Waals surface area contributed by atoms with Crippen molar-refractivity contribution in [1.82, 2.24) is 10.2 Å². The van der Waals surface area contributed by atoms with Crippen LogP contribution in [0.25, 0.3) is 0 Å². The number of benzene rings is 2. The number of aryl methyl sites for hydroxylation is 1. The van der Waals surface area contributed by atoms with Crippen LogP contribution in [0.1, 0.15) is 46.8 Å². The molecule has 6 nitrogen and oxygen atoms in total. The maximum atomic E-state index is 12.7. The van der Waals surface area contributed by atoms with Crippen LogP contribution in [0, 0.1) is 5.92 Å². The Bertz CT molecular complexity index is 975. The summed E-state index contributed by atoms with van der Waals surface area (Å²) in [7, 11) is 1.70. The van der Waals surface area contributed by atoms with E-state index in [0.717, 1.165) is 24.8 Å². The third kappa shape index (κ3) is 5.38. The molecule has 2 atom stereocenters. The molecule has 0 spiro atoms. The van der Waals surface area contributed by atoms with Gasteiger partial charge in [0.2, 0.25) is 0 Å². The summed E-state index contributed by atoms with van der Waals surface area (Å²) < 4.78 is 0. The highest BCUT2D eigenvalue weighted by Gasteiger charge is 2.29. The van der Waals surface area contributed by atoms with E-state index >= 15 is 0 Å². The van der Waals surface area contributed by atoms with Gasteiger partial charge in [-0.1, -0.05) is 53.5 Å². The number of nitrogens with zero attached hydrogens (tertiary/aromatic N) is 1. The number of hydrogen-bond donors (Lipinski definition) is 2. The third-order valence-corrected chi connectivity index (χ3v) is 6.28. The van der Waals surface area contributed by atoms with Crippen molar-refractivity contribution in [3.63, 3.8) is 0 Å². The Morgan fingerprint density at radius 3 is 2.48 bits per heavy atom. The van der Waals surface area contributed by atoms with Crippen LogP contribution in [0.4, 0.5) is 4.79 Å². The lowest BCUT2D eigenvalue weighted by Crippen LogP contribution is -2.43. The summed E-state index contributed by atoms with van der Waals surface area (Å²) in [4.78, 5) is 38.6. The number of nitrogens with one attached hydrogen (secondary N) is 1. The van der Waals surface area contributed by atoms with Crippen LogP contribution in [-0.2, 0) is 11.2 Å². The van der Waals surface area contributed by atoms with E-state index < -0.39 is 17.7 Å². The SMILES string of the molecule is CN(C(=O)NC[C@H](CC(=O)c1c(Cl)cccc1Cl)C(=O)O)C1CCCc2ccccc21. The van der Waals surface area contributed by atoms with Gasteiger partial charge in [-0.3, -0.25) is 9.59 Å². The zero-order valence-electron chi connectivity index (χ0n) is 17.1. The molecule has 2 N–H and O–H groups in total. The predicted molar refractivity (Wildman–Crippen MR) is 120 cm³/mol. The number of carboxylic acids is 1. The molecule has 0 aromatic heterocycles. The second-order valence-corrected chi connectivity index (χ2v) is 8.48. The number of aliphatic carboxylic acids is 1. The van der Waals surface area contributed by atoms with Gasteiger partial charge in [0.15, 0.2) is 5.78 Å². The van der Waals surface area contributed by atoms with Gasteiger partial charge >= 0.3 is 12.0 Å². The zero-order valence-corrected chi connectivity index (χ0v) is 18.6. The number of rotatable bonds is 7. The van der Waals surface area contributed by atoms with Gasteiger partial charge in [0, 0.05) is 20.0 Å².